The molecule has 0 bridgehead atoms. The highest BCUT2D eigenvalue weighted by atomic mass is 32.2. The molecule has 0 amide bonds. The van der Waals surface area contributed by atoms with Crippen LogP contribution in [0.1, 0.15) is 11.4 Å². The van der Waals surface area contributed by atoms with Crippen LogP contribution in [-0.2, 0) is 16.6 Å². The molecule has 0 saturated carbocycles. The Balaban J connectivity index is 1.63. The number of para-hydroxylation sites is 2. The topological polar surface area (TPSA) is 99.0 Å². The van der Waals surface area contributed by atoms with E-state index in [0.717, 1.165) is 11.4 Å². The van der Waals surface area contributed by atoms with Crippen molar-refractivity contribution in [2.24, 2.45) is 0 Å². The van der Waals surface area contributed by atoms with Crippen LogP contribution in [0, 0.1) is 13.8 Å². The van der Waals surface area contributed by atoms with E-state index >= 15 is 0 Å². The standard InChI is InChI=1S/C21H21N5O3S/c1-15-14-16(2)26(24-15)12-13-29-21-20(22-18-10-6-7-11-19(18)23-21)25-30(27,28)17-8-4-3-5-9-17/h3-11,14H,12-13H2,1-2H3,(H,22,25). The van der Waals surface area contributed by atoms with Crippen LogP contribution in [0.15, 0.2) is 65.6 Å². The lowest BCUT2D eigenvalue weighted by Crippen LogP contribution is -2.17. The van der Waals surface area contributed by atoms with E-state index in [0.29, 0.717) is 17.6 Å². The third kappa shape index (κ3) is 4.25. The summed E-state index contributed by atoms with van der Waals surface area (Å²) in [6.45, 7) is 4.65. The number of aromatic nitrogens is 4. The molecule has 2 aromatic heterocycles. The Bertz CT molecular complexity index is 1290. The first-order valence-electron chi connectivity index (χ1n) is 9.41. The van der Waals surface area contributed by atoms with Crippen LogP contribution in [0.3, 0.4) is 0 Å². The van der Waals surface area contributed by atoms with E-state index in [9.17, 15) is 8.42 Å². The summed E-state index contributed by atoms with van der Waals surface area (Å²) in [6, 6.07) is 17.3. The predicted molar refractivity (Wildman–Crippen MR) is 114 cm³/mol. The lowest BCUT2D eigenvalue weighted by atomic mass is 10.3. The minimum absolute atomic E-state index is 0.0471. The highest BCUT2D eigenvalue weighted by Gasteiger charge is 2.19. The fraction of sp³-hybridized carbons (Fsp3) is 0.190. The van der Waals surface area contributed by atoms with Gasteiger partial charge in [-0.1, -0.05) is 30.3 Å². The Kier molecular flexibility index (Phi) is 5.37. The third-order valence-electron chi connectivity index (χ3n) is 4.47. The van der Waals surface area contributed by atoms with Crippen molar-refractivity contribution in [3.05, 3.63) is 72.1 Å². The highest BCUT2D eigenvalue weighted by Crippen LogP contribution is 2.26. The second kappa shape index (κ2) is 8.11. The monoisotopic (exact) mass is 423 g/mol. The average molecular weight is 423 g/mol. The number of rotatable bonds is 7. The Morgan fingerprint density at radius 2 is 1.63 bits per heavy atom. The van der Waals surface area contributed by atoms with E-state index in [1.165, 1.54) is 12.1 Å². The Morgan fingerprint density at radius 1 is 0.967 bits per heavy atom. The van der Waals surface area contributed by atoms with Crippen molar-refractivity contribution in [2.45, 2.75) is 25.3 Å². The first-order chi connectivity index (χ1) is 14.4. The van der Waals surface area contributed by atoms with E-state index in [-0.39, 0.29) is 23.2 Å². The van der Waals surface area contributed by atoms with Crippen molar-refractivity contribution >= 4 is 26.9 Å². The van der Waals surface area contributed by atoms with E-state index < -0.39 is 10.0 Å². The lowest BCUT2D eigenvalue weighted by Gasteiger charge is -2.13. The minimum atomic E-state index is -3.84. The molecule has 0 saturated heterocycles. The fourth-order valence-corrected chi connectivity index (χ4v) is 4.09. The van der Waals surface area contributed by atoms with Gasteiger partial charge in [0.15, 0.2) is 0 Å². The number of anilines is 1. The number of hydrogen-bond acceptors (Lipinski definition) is 6. The molecule has 0 radical (unpaired) electrons. The summed E-state index contributed by atoms with van der Waals surface area (Å²) < 4.78 is 35.7. The number of hydrogen-bond donors (Lipinski definition) is 1. The number of nitrogens with zero attached hydrogens (tertiary/aromatic N) is 4. The maximum Gasteiger partial charge on any atom is 0.263 e. The summed E-state index contributed by atoms with van der Waals surface area (Å²) in [4.78, 5) is 9.04. The van der Waals surface area contributed by atoms with Crippen LogP contribution in [0.4, 0.5) is 5.82 Å². The van der Waals surface area contributed by atoms with Gasteiger partial charge in [-0.15, -0.1) is 0 Å². The third-order valence-corrected chi connectivity index (χ3v) is 5.82. The SMILES string of the molecule is Cc1cc(C)n(CCOc2nc3ccccc3nc2NS(=O)(=O)c2ccccc2)n1. The smallest absolute Gasteiger partial charge is 0.263 e. The van der Waals surface area contributed by atoms with Gasteiger partial charge in [0.05, 0.1) is 28.2 Å². The molecule has 4 rings (SSSR count). The summed E-state index contributed by atoms with van der Waals surface area (Å²) in [6.07, 6.45) is 0. The fourth-order valence-electron chi connectivity index (χ4n) is 3.07. The van der Waals surface area contributed by atoms with Gasteiger partial charge in [0.2, 0.25) is 5.82 Å². The summed E-state index contributed by atoms with van der Waals surface area (Å²) in [5.74, 6) is 0.167. The average Bonchev–Trinajstić information content (AvgIpc) is 3.05. The maximum absolute atomic E-state index is 12.8. The number of aryl methyl sites for hydroxylation is 2. The zero-order valence-electron chi connectivity index (χ0n) is 16.6. The van der Waals surface area contributed by atoms with Gasteiger partial charge >= 0.3 is 0 Å². The van der Waals surface area contributed by atoms with Gasteiger partial charge in [-0.25, -0.2) is 18.4 Å². The Hall–Kier alpha value is -3.46. The molecule has 0 aliphatic heterocycles. The summed E-state index contributed by atoms with van der Waals surface area (Å²) in [5, 5.41) is 4.40. The Morgan fingerprint density at radius 3 is 2.30 bits per heavy atom. The van der Waals surface area contributed by atoms with Crippen LogP contribution < -0.4 is 9.46 Å². The van der Waals surface area contributed by atoms with Crippen LogP contribution in [0.2, 0.25) is 0 Å². The van der Waals surface area contributed by atoms with Gasteiger partial charge in [-0.05, 0) is 44.2 Å². The first-order valence-corrected chi connectivity index (χ1v) is 10.9. The van der Waals surface area contributed by atoms with Gasteiger partial charge in [-0.3, -0.25) is 9.40 Å². The van der Waals surface area contributed by atoms with Crippen LogP contribution in [0.5, 0.6) is 5.88 Å². The van der Waals surface area contributed by atoms with Crippen molar-refractivity contribution in [1.82, 2.24) is 19.7 Å². The molecule has 0 unspecified atom stereocenters. The number of sulfonamides is 1. The van der Waals surface area contributed by atoms with Crippen LogP contribution >= 0.6 is 0 Å². The quantitative estimate of drug-likeness (QED) is 0.490. The number of benzene rings is 2. The molecular weight excluding hydrogens is 402 g/mol. The molecule has 154 valence electrons. The van der Waals surface area contributed by atoms with Crippen LogP contribution in [0.25, 0.3) is 11.0 Å². The second-order valence-corrected chi connectivity index (χ2v) is 8.47. The molecular formula is C21H21N5O3S. The van der Waals surface area contributed by atoms with E-state index in [1.807, 2.05) is 36.7 Å². The molecule has 0 fully saturated rings. The first kappa shape index (κ1) is 19.8. The molecule has 9 heteroatoms. The van der Waals surface area contributed by atoms with Gasteiger partial charge in [-0.2, -0.15) is 5.10 Å². The molecule has 0 aliphatic carbocycles. The van der Waals surface area contributed by atoms with Gasteiger partial charge in [0, 0.05) is 5.69 Å². The van der Waals surface area contributed by atoms with Crippen molar-refractivity contribution < 1.29 is 13.2 Å². The maximum atomic E-state index is 12.8. The van der Waals surface area contributed by atoms with E-state index in [1.54, 1.807) is 30.3 Å². The normalized spacial score (nSPS) is 11.5. The van der Waals surface area contributed by atoms with Crippen molar-refractivity contribution in [1.29, 1.82) is 0 Å². The molecule has 1 N–H and O–H groups in total. The molecule has 0 aliphatic rings. The Labute approximate surface area is 174 Å². The second-order valence-electron chi connectivity index (χ2n) is 6.78. The molecule has 30 heavy (non-hydrogen) atoms. The lowest BCUT2D eigenvalue weighted by molar-refractivity contribution is 0.281. The molecule has 8 nitrogen and oxygen atoms in total. The zero-order valence-corrected chi connectivity index (χ0v) is 17.4. The molecule has 0 atom stereocenters. The highest BCUT2D eigenvalue weighted by molar-refractivity contribution is 7.92. The number of fused-ring (bicyclic) bond motifs is 1. The van der Waals surface area contributed by atoms with E-state index in [4.69, 9.17) is 4.74 Å². The van der Waals surface area contributed by atoms with E-state index in [2.05, 4.69) is 19.8 Å². The number of ether oxygens (including phenoxy) is 1. The predicted octanol–water partition coefficient (Wildman–Crippen LogP) is 3.32. The van der Waals surface area contributed by atoms with Crippen molar-refractivity contribution in [3.63, 3.8) is 0 Å². The molecule has 2 heterocycles. The summed E-state index contributed by atoms with van der Waals surface area (Å²) in [5.41, 5.74) is 3.12. The molecule has 0 spiro atoms. The van der Waals surface area contributed by atoms with Crippen molar-refractivity contribution in [3.8, 4) is 5.88 Å². The van der Waals surface area contributed by atoms with Gasteiger partial charge < -0.3 is 4.74 Å². The summed E-state index contributed by atoms with van der Waals surface area (Å²) in [7, 11) is -3.84. The largest absolute Gasteiger partial charge is 0.473 e. The summed E-state index contributed by atoms with van der Waals surface area (Å²) >= 11 is 0. The molecule has 2 aromatic carbocycles. The minimum Gasteiger partial charge on any atom is -0.473 e. The van der Waals surface area contributed by atoms with Crippen molar-refractivity contribution in [2.75, 3.05) is 11.3 Å². The van der Waals surface area contributed by atoms with Gasteiger partial charge in [0.1, 0.15) is 6.61 Å². The van der Waals surface area contributed by atoms with Gasteiger partial charge in [0.25, 0.3) is 15.9 Å². The number of nitrogens with one attached hydrogen (secondary N) is 1. The van der Waals surface area contributed by atoms with Crippen LogP contribution in [-0.4, -0.2) is 34.8 Å². The zero-order chi connectivity index (χ0) is 21.1. The molecule has 4 aromatic rings.